The summed E-state index contributed by atoms with van der Waals surface area (Å²) in [7, 11) is 0. The molecular formula is C15H28O2S. The molecular weight excluding hydrogens is 244 g/mol. The highest BCUT2D eigenvalue weighted by Crippen LogP contribution is 2.13. The van der Waals surface area contributed by atoms with Gasteiger partial charge in [0.1, 0.15) is 0 Å². The van der Waals surface area contributed by atoms with Crippen molar-refractivity contribution in [3.63, 3.8) is 0 Å². The molecule has 106 valence electrons. The summed E-state index contributed by atoms with van der Waals surface area (Å²) in [6.45, 7) is 3.53. The van der Waals surface area contributed by atoms with E-state index >= 15 is 0 Å². The molecule has 0 aromatic rings. The summed E-state index contributed by atoms with van der Waals surface area (Å²) in [6, 6.07) is 0. The number of carboxylic acids is 1. The second-order valence-corrected chi connectivity index (χ2v) is 5.37. The van der Waals surface area contributed by atoms with Crippen LogP contribution >= 0.6 is 12.6 Å². The minimum absolute atomic E-state index is 0.346. The fourth-order valence-corrected chi connectivity index (χ4v) is 2.19. The van der Waals surface area contributed by atoms with Gasteiger partial charge < -0.3 is 5.11 Å². The van der Waals surface area contributed by atoms with Gasteiger partial charge in [0.25, 0.3) is 0 Å². The highest BCUT2D eigenvalue weighted by Gasteiger charge is 2.02. The van der Waals surface area contributed by atoms with Gasteiger partial charge in [-0.3, -0.25) is 0 Å². The number of rotatable bonds is 13. The quantitative estimate of drug-likeness (QED) is 0.286. The van der Waals surface area contributed by atoms with Crippen molar-refractivity contribution in [2.75, 3.05) is 5.75 Å². The molecule has 0 saturated heterocycles. The normalized spacial score (nSPS) is 10.5. The van der Waals surface area contributed by atoms with Crippen molar-refractivity contribution in [3.05, 3.63) is 12.2 Å². The van der Waals surface area contributed by atoms with E-state index in [1.165, 1.54) is 51.4 Å². The van der Waals surface area contributed by atoms with E-state index in [-0.39, 0.29) is 0 Å². The van der Waals surface area contributed by atoms with E-state index < -0.39 is 5.97 Å². The largest absolute Gasteiger partial charge is 0.478 e. The molecule has 0 bridgehead atoms. The zero-order chi connectivity index (χ0) is 13.6. The lowest BCUT2D eigenvalue weighted by atomic mass is 10.0. The summed E-state index contributed by atoms with van der Waals surface area (Å²) < 4.78 is 0. The zero-order valence-electron chi connectivity index (χ0n) is 11.5. The molecule has 0 rings (SSSR count). The van der Waals surface area contributed by atoms with Gasteiger partial charge in [-0.15, -0.1) is 0 Å². The van der Waals surface area contributed by atoms with Crippen LogP contribution in [0.3, 0.4) is 0 Å². The minimum atomic E-state index is -0.851. The number of hydrogen-bond acceptors (Lipinski definition) is 2. The molecule has 3 heteroatoms. The van der Waals surface area contributed by atoms with E-state index in [2.05, 4.69) is 19.2 Å². The monoisotopic (exact) mass is 272 g/mol. The molecule has 2 nitrogen and oxygen atoms in total. The van der Waals surface area contributed by atoms with Crippen LogP contribution in [0.2, 0.25) is 0 Å². The first-order valence-corrected chi connectivity index (χ1v) is 7.83. The molecule has 0 fully saturated rings. The molecule has 0 amide bonds. The van der Waals surface area contributed by atoms with Gasteiger partial charge in [-0.05, 0) is 25.0 Å². The average molecular weight is 272 g/mol. The van der Waals surface area contributed by atoms with Gasteiger partial charge in [0.2, 0.25) is 0 Å². The summed E-state index contributed by atoms with van der Waals surface area (Å²) in [4.78, 5) is 10.5. The van der Waals surface area contributed by atoms with E-state index in [4.69, 9.17) is 5.11 Å². The van der Waals surface area contributed by atoms with Gasteiger partial charge in [-0.2, -0.15) is 12.6 Å². The Morgan fingerprint density at radius 1 is 0.833 bits per heavy atom. The molecule has 1 N–H and O–H groups in total. The Labute approximate surface area is 117 Å². The number of thiol groups is 1. The van der Waals surface area contributed by atoms with Crippen LogP contribution in [0, 0.1) is 0 Å². The lowest BCUT2D eigenvalue weighted by Gasteiger charge is -2.02. The van der Waals surface area contributed by atoms with Crippen molar-refractivity contribution < 1.29 is 9.90 Å². The summed E-state index contributed by atoms with van der Waals surface area (Å²) in [5, 5.41) is 8.64. The van der Waals surface area contributed by atoms with Crippen molar-refractivity contribution >= 4 is 18.6 Å². The van der Waals surface area contributed by atoms with Crippen LogP contribution in [0.5, 0.6) is 0 Å². The molecule has 18 heavy (non-hydrogen) atoms. The molecule has 0 atom stereocenters. The van der Waals surface area contributed by atoms with Gasteiger partial charge >= 0.3 is 5.97 Å². The Balaban J connectivity index is 3.07. The number of hydrogen-bond donors (Lipinski definition) is 2. The molecule has 0 heterocycles. The van der Waals surface area contributed by atoms with Gasteiger partial charge in [0, 0.05) is 5.57 Å². The van der Waals surface area contributed by atoms with Crippen LogP contribution in [-0.2, 0) is 4.79 Å². The second kappa shape index (κ2) is 13.0. The highest BCUT2D eigenvalue weighted by atomic mass is 32.1. The molecule has 0 spiro atoms. The summed E-state index contributed by atoms with van der Waals surface area (Å²) in [5.41, 5.74) is 0.346. The predicted molar refractivity (Wildman–Crippen MR) is 81.4 cm³/mol. The third-order valence-corrected chi connectivity index (χ3v) is 3.51. The Kier molecular flexibility index (Phi) is 12.7. The number of unbranched alkanes of at least 4 members (excludes halogenated alkanes) is 9. The summed E-state index contributed by atoms with van der Waals surface area (Å²) in [6.07, 6.45) is 13.2. The minimum Gasteiger partial charge on any atom is -0.478 e. The van der Waals surface area contributed by atoms with Crippen molar-refractivity contribution in [2.24, 2.45) is 0 Å². The Bertz CT molecular complexity index is 227. The first kappa shape index (κ1) is 17.6. The maximum Gasteiger partial charge on any atom is 0.330 e. The van der Waals surface area contributed by atoms with Crippen molar-refractivity contribution in [1.29, 1.82) is 0 Å². The maximum absolute atomic E-state index is 10.5. The topological polar surface area (TPSA) is 37.3 Å². The van der Waals surface area contributed by atoms with Crippen LogP contribution in [0.15, 0.2) is 12.2 Å². The Morgan fingerprint density at radius 2 is 1.22 bits per heavy atom. The molecule has 0 aliphatic carbocycles. The maximum atomic E-state index is 10.5. The number of carbonyl (C=O) groups is 1. The number of aliphatic carboxylic acids is 1. The third-order valence-electron chi connectivity index (χ3n) is 3.19. The van der Waals surface area contributed by atoms with Gasteiger partial charge in [0.15, 0.2) is 0 Å². The predicted octanol–water partition coefficient (Wildman–Crippen LogP) is 4.85. The lowest BCUT2D eigenvalue weighted by Crippen LogP contribution is -1.98. The molecule has 0 radical (unpaired) electrons. The van der Waals surface area contributed by atoms with Crippen molar-refractivity contribution in [2.45, 2.75) is 70.6 Å². The first-order chi connectivity index (χ1) is 8.68. The van der Waals surface area contributed by atoms with Crippen LogP contribution in [0.1, 0.15) is 70.6 Å². The van der Waals surface area contributed by atoms with Crippen molar-refractivity contribution in [1.82, 2.24) is 0 Å². The third kappa shape index (κ3) is 12.0. The van der Waals surface area contributed by atoms with Gasteiger partial charge in [-0.25, -0.2) is 4.79 Å². The average Bonchev–Trinajstić information content (AvgIpc) is 2.35. The molecule has 0 aliphatic rings. The van der Waals surface area contributed by atoms with Crippen LogP contribution in [0.25, 0.3) is 0 Å². The van der Waals surface area contributed by atoms with Crippen LogP contribution < -0.4 is 0 Å². The zero-order valence-corrected chi connectivity index (χ0v) is 12.4. The van der Waals surface area contributed by atoms with Gasteiger partial charge in [-0.1, -0.05) is 57.9 Å². The molecule has 0 aromatic carbocycles. The Hall–Kier alpha value is -0.440. The standard InChI is InChI=1S/C15H28O2S/c1-14(15(16)17)12-10-8-6-4-2-3-5-7-9-11-13-18/h18H,1-13H2,(H,16,17). The highest BCUT2D eigenvalue weighted by molar-refractivity contribution is 7.80. The van der Waals surface area contributed by atoms with Crippen LogP contribution in [0.4, 0.5) is 0 Å². The smallest absolute Gasteiger partial charge is 0.330 e. The van der Waals surface area contributed by atoms with E-state index in [1.54, 1.807) is 0 Å². The fraction of sp³-hybridized carbons (Fsp3) is 0.800. The lowest BCUT2D eigenvalue weighted by molar-refractivity contribution is -0.132. The van der Waals surface area contributed by atoms with E-state index in [0.717, 1.165) is 18.6 Å². The van der Waals surface area contributed by atoms with Crippen LogP contribution in [-0.4, -0.2) is 16.8 Å². The summed E-state index contributed by atoms with van der Waals surface area (Å²) in [5.74, 6) is 0.165. The Morgan fingerprint density at radius 3 is 1.61 bits per heavy atom. The SMILES string of the molecule is C=C(CCCCCCCCCCCCS)C(=O)O. The van der Waals surface area contributed by atoms with E-state index in [9.17, 15) is 4.79 Å². The van der Waals surface area contributed by atoms with E-state index in [1.807, 2.05) is 0 Å². The molecule has 0 saturated carbocycles. The molecule has 0 aromatic heterocycles. The fourth-order valence-electron chi connectivity index (χ4n) is 1.97. The van der Waals surface area contributed by atoms with E-state index in [0.29, 0.717) is 12.0 Å². The molecule has 0 aliphatic heterocycles. The van der Waals surface area contributed by atoms with Crippen molar-refractivity contribution in [3.8, 4) is 0 Å². The summed E-state index contributed by atoms with van der Waals surface area (Å²) >= 11 is 4.20. The second-order valence-electron chi connectivity index (χ2n) is 4.92. The molecule has 0 unspecified atom stereocenters. The first-order valence-electron chi connectivity index (χ1n) is 7.20. The van der Waals surface area contributed by atoms with Gasteiger partial charge in [0.05, 0.1) is 0 Å². The number of carboxylic acid groups (broad SMARTS) is 1.